The summed E-state index contributed by atoms with van der Waals surface area (Å²) in [5, 5.41) is 8.23. The van der Waals surface area contributed by atoms with Crippen LogP contribution in [0.4, 0.5) is 0 Å². The average molecular weight is 213 g/mol. The quantitative estimate of drug-likeness (QED) is 0.763. The average Bonchev–Trinajstić information content (AvgIpc) is 2.48. The van der Waals surface area contributed by atoms with Crippen molar-refractivity contribution in [2.24, 2.45) is 7.05 Å². The number of rotatable bonds is 4. The summed E-state index contributed by atoms with van der Waals surface area (Å²) >= 11 is 0. The summed E-state index contributed by atoms with van der Waals surface area (Å²) in [6.45, 7) is 0.227. The van der Waals surface area contributed by atoms with Gasteiger partial charge in [0.25, 0.3) is 0 Å². The first-order valence-electron chi connectivity index (χ1n) is 3.98. The fourth-order valence-corrected chi connectivity index (χ4v) is 1.65. The van der Waals surface area contributed by atoms with E-state index in [-0.39, 0.29) is 6.54 Å². The molecule has 0 aliphatic rings. The molecule has 0 fully saturated rings. The zero-order chi connectivity index (χ0) is 10.6. The van der Waals surface area contributed by atoms with Gasteiger partial charge in [0, 0.05) is 26.0 Å². The lowest BCUT2D eigenvalue weighted by molar-refractivity contribution is 0.585. The molecule has 1 aromatic rings. The molecule has 0 amide bonds. The summed E-state index contributed by atoms with van der Waals surface area (Å²) < 4.78 is 26.3. The number of nitrogens with one attached hydrogen (secondary N) is 1. The van der Waals surface area contributed by atoms with Gasteiger partial charge in [-0.25, -0.2) is 13.1 Å². The van der Waals surface area contributed by atoms with E-state index in [9.17, 15) is 8.42 Å². The Labute approximate surface area is 83.0 Å². The number of nitrogens with zero attached hydrogens (tertiary/aromatic N) is 2. The molecule has 1 heterocycles. The minimum Gasteiger partial charge on any atom is -0.357 e. The van der Waals surface area contributed by atoms with Gasteiger partial charge in [-0.15, -0.1) is 0 Å². The zero-order valence-electron chi connectivity index (χ0n) is 7.77. The first-order chi connectivity index (χ1) is 6.53. The summed E-state index contributed by atoms with van der Waals surface area (Å²) in [6.07, 6.45) is 3.64. The van der Waals surface area contributed by atoms with E-state index < -0.39 is 15.8 Å². The molecule has 0 atom stereocenters. The van der Waals surface area contributed by atoms with Crippen LogP contribution in [0, 0.1) is 11.3 Å². The van der Waals surface area contributed by atoms with Crippen LogP contribution < -0.4 is 4.72 Å². The van der Waals surface area contributed by atoms with Gasteiger partial charge in [0.15, 0.2) is 5.75 Å². The predicted molar refractivity (Wildman–Crippen MR) is 51.7 cm³/mol. The van der Waals surface area contributed by atoms with E-state index in [2.05, 4.69) is 4.72 Å². The molecule has 14 heavy (non-hydrogen) atoms. The Hall–Kier alpha value is -1.32. The highest BCUT2D eigenvalue weighted by atomic mass is 32.2. The van der Waals surface area contributed by atoms with Gasteiger partial charge in [0.1, 0.15) is 0 Å². The number of hydrogen-bond acceptors (Lipinski definition) is 3. The third kappa shape index (κ3) is 3.20. The van der Waals surface area contributed by atoms with Crippen molar-refractivity contribution in [1.82, 2.24) is 9.29 Å². The Bertz CT molecular complexity index is 441. The molecule has 1 N–H and O–H groups in total. The van der Waals surface area contributed by atoms with Gasteiger partial charge in [-0.2, -0.15) is 5.26 Å². The van der Waals surface area contributed by atoms with Crippen molar-refractivity contribution in [1.29, 1.82) is 5.26 Å². The van der Waals surface area contributed by atoms with Crippen LogP contribution in [-0.2, 0) is 23.6 Å². The van der Waals surface area contributed by atoms with Gasteiger partial charge in [0.2, 0.25) is 10.0 Å². The van der Waals surface area contributed by atoms with E-state index in [1.54, 1.807) is 6.07 Å². The Balaban J connectivity index is 2.54. The van der Waals surface area contributed by atoms with Crippen LogP contribution in [0.1, 0.15) is 5.56 Å². The molecule has 5 nitrogen and oxygen atoms in total. The summed E-state index contributed by atoms with van der Waals surface area (Å²) in [5.41, 5.74) is 0.869. The van der Waals surface area contributed by atoms with Crippen molar-refractivity contribution >= 4 is 10.0 Å². The number of sulfonamides is 1. The highest BCUT2D eigenvalue weighted by Crippen LogP contribution is 1.99. The molecule has 0 aliphatic carbocycles. The van der Waals surface area contributed by atoms with Crippen molar-refractivity contribution in [2.45, 2.75) is 6.54 Å². The minimum absolute atomic E-state index is 0.227. The molecule has 0 saturated heterocycles. The molecule has 0 aromatic carbocycles. The summed E-state index contributed by atoms with van der Waals surface area (Å²) in [4.78, 5) is 0. The van der Waals surface area contributed by atoms with Crippen LogP contribution in [0.5, 0.6) is 0 Å². The van der Waals surface area contributed by atoms with E-state index in [1.165, 1.54) is 0 Å². The van der Waals surface area contributed by atoms with Crippen molar-refractivity contribution in [3.8, 4) is 6.07 Å². The van der Waals surface area contributed by atoms with Gasteiger partial charge in [-0.1, -0.05) is 0 Å². The van der Waals surface area contributed by atoms with E-state index in [0.29, 0.717) is 0 Å². The van der Waals surface area contributed by atoms with Crippen LogP contribution in [-0.4, -0.2) is 18.7 Å². The minimum atomic E-state index is -3.44. The molecular weight excluding hydrogens is 202 g/mol. The van der Waals surface area contributed by atoms with Crippen LogP contribution in [0.25, 0.3) is 0 Å². The number of aryl methyl sites for hydroxylation is 1. The van der Waals surface area contributed by atoms with Crippen molar-refractivity contribution in [3.05, 3.63) is 24.0 Å². The smallest absolute Gasteiger partial charge is 0.225 e. The second-order valence-electron chi connectivity index (χ2n) is 2.92. The Morgan fingerprint density at radius 1 is 1.64 bits per heavy atom. The molecule has 1 rings (SSSR count). The number of nitriles is 1. The van der Waals surface area contributed by atoms with E-state index in [4.69, 9.17) is 5.26 Å². The molecule has 0 radical (unpaired) electrons. The number of aromatic nitrogens is 1. The first-order valence-corrected chi connectivity index (χ1v) is 5.64. The highest BCUT2D eigenvalue weighted by molar-refractivity contribution is 7.89. The molecule has 76 valence electrons. The normalized spacial score (nSPS) is 11.1. The highest BCUT2D eigenvalue weighted by Gasteiger charge is 2.08. The number of hydrogen-bond donors (Lipinski definition) is 1. The van der Waals surface area contributed by atoms with E-state index >= 15 is 0 Å². The van der Waals surface area contributed by atoms with Gasteiger partial charge < -0.3 is 4.57 Å². The van der Waals surface area contributed by atoms with Crippen molar-refractivity contribution in [2.75, 3.05) is 5.75 Å². The molecule has 0 saturated carbocycles. The second kappa shape index (κ2) is 4.26. The fraction of sp³-hybridized carbons (Fsp3) is 0.375. The standard InChI is InChI=1S/C8H11N3O2S/c1-11-4-2-8(7-11)6-10-14(12,13)5-3-9/h2,4,7,10H,5-6H2,1H3. The van der Waals surface area contributed by atoms with Gasteiger partial charge in [-0.3, -0.25) is 0 Å². The lowest BCUT2D eigenvalue weighted by Crippen LogP contribution is -2.25. The maximum atomic E-state index is 11.1. The van der Waals surface area contributed by atoms with Gasteiger partial charge in [0.05, 0.1) is 6.07 Å². The van der Waals surface area contributed by atoms with Crippen molar-refractivity contribution < 1.29 is 8.42 Å². The molecular formula is C8H11N3O2S. The molecule has 0 aliphatic heterocycles. The SMILES string of the molecule is Cn1ccc(CNS(=O)(=O)CC#N)c1. The van der Waals surface area contributed by atoms with Gasteiger partial charge in [-0.05, 0) is 11.6 Å². The maximum absolute atomic E-state index is 11.1. The Kier molecular flexibility index (Phi) is 3.28. The lowest BCUT2D eigenvalue weighted by Gasteiger charge is -2.00. The fourth-order valence-electron chi connectivity index (χ4n) is 0.995. The van der Waals surface area contributed by atoms with Crippen LogP contribution in [0.15, 0.2) is 18.5 Å². The largest absolute Gasteiger partial charge is 0.357 e. The summed E-state index contributed by atoms with van der Waals surface area (Å²) in [6, 6.07) is 3.41. The van der Waals surface area contributed by atoms with Crippen LogP contribution >= 0.6 is 0 Å². The molecule has 0 unspecified atom stereocenters. The first kappa shape index (κ1) is 10.8. The summed E-state index contributed by atoms with van der Waals surface area (Å²) in [7, 11) is -1.59. The second-order valence-corrected chi connectivity index (χ2v) is 4.73. The van der Waals surface area contributed by atoms with Crippen LogP contribution in [0.3, 0.4) is 0 Å². The van der Waals surface area contributed by atoms with Crippen LogP contribution in [0.2, 0.25) is 0 Å². The Morgan fingerprint density at radius 3 is 2.86 bits per heavy atom. The third-order valence-electron chi connectivity index (χ3n) is 1.64. The molecule has 0 bridgehead atoms. The molecule has 1 aromatic heterocycles. The van der Waals surface area contributed by atoms with Crippen molar-refractivity contribution in [3.63, 3.8) is 0 Å². The Morgan fingerprint density at radius 2 is 2.36 bits per heavy atom. The topological polar surface area (TPSA) is 74.9 Å². The monoisotopic (exact) mass is 213 g/mol. The summed E-state index contributed by atoms with van der Waals surface area (Å²) in [5.74, 6) is -0.500. The molecule has 0 spiro atoms. The lowest BCUT2D eigenvalue weighted by atomic mass is 10.4. The van der Waals surface area contributed by atoms with E-state index in [1.807, 2.05) is 30.1 Å². The third-order valence-corrected chi connectivity index (χ3v) is 2.74. The maximum Gasteiger partial charge on any atom is 0.225 e. The van der Waals surface area contributed by atoms with Gasteiger partial charge >= 0.3 is 0 Å². The van der Waals surface area contributed by atoms with E-state index in [0.717, 1.165) is 5.56 Å². The zero-order valence-corrected chi connectivity index (χ0v) is 8.58. The molecule has 6 heteroatoms. The predicted octanol–water partition coefficient (Wildman–Crippen LogP) is -0.0319.